The average molecular weight is 504 g/mol. The molecule has 14 heteroatoms. The van der Waals surface area contributed by atoms with Crippen molar-refractivity contribution in [2.45, 2.75) is 11.1 Å². The van der Waals surface area contributed by atoms with Crippen LogP contribution in [0.4, 0.5) is 24.8 Å². The zero-order chi connectivity index (χ0) is 25.4. The summed E-state index contributed by atoms with van der Waals surface area (Å²) in [6.07, 6.45) is 1.10. The summed E-state index contributed by atoms with van der Waals surface area (Å²) in [5.74, 6) is -1.41. The number of sulfone groups is 1. The number of carboxylic acids is 1. The van der Waals surface area contributed by atoms with E-state index >= 15 is 0 Å². The average Bonchev–Trinajstić information content (AvgIpc) is 3.30. The Hall–Kier alpha value is -4.33. The van der Waals surface area contributed by atoms with E-state index < -0.39 is 27.7 Å². The Kier molecular flexibility index (Phi) is 5.98. The van der Waals surface area contributed by atoms with Crippen molar-refractivity contribution in [2.75, 3.05) is 11.6 Å². The van der Waals surface area contributed by atoms with Crippen LogP contribution in [-0.4, -0.2) is 50.5 Å². The maximum Gasteiger partial charge on any atom is 0.435 e. The third-order valence-electron chi connectivity index (χ3n) is 4.68. The fraction of sp³-hybridized carbons (Fsp3) is 0.0952. The molecule has 0 aliphatic carbocycles. The molecule has 0 saturated heterocycles. The zero-order valence-electron chi connectivity index (χ0n) is 17.7. The Bertz CT molecular complexity index is 1540. The highest BCUT2D eigenvalue weighted by Crippen LogP contribution is 2.30. The molecule has 3 aromatic heterocycles. The van der Waals surface area contributed by atoms with Gasteiger partial charge in [-0.15, -0.1) is 0 Å². The van der Waals surface area contributed by atoms with E-state index in [9.17, 15) is 31.5 Å². The molecule has 4 rings (SSSR count). The van der Waals surface area contributed by atoms with E-state index in [0.29, 0.717) is 5.69 Å². The molecule has 4 aromatic rings. The molecule has 1 aromatic carbocycles. The monoisotopic (exact) mass is 504 g/mol. The van der Waals surface area contributed by atoms with Gasteiger partial charge in [0.2, 0.25) is 5.95 Å². The molecule has 0 unspecified atom stereocenters. The summed E-state index contributed by atoms with van der Waals surface area (Å²) in [5, 5.41) is 15.6. The van der Waals surface area contributed by atoms with Gasteiger partial charge < -0.3 is 10.4 Å². The van der Waals surface area contributed by atoms with Crippen LogP contribution < -0.4 is 5.32 Å². The molecule has 35 heavy (non-hydrogen) atoms. The molecule has 0 saturated carbocycles. The first kappa shape index (κ1) is 23.8. The second-order valence-corrected chi connectivity index (χ2v) is 9.28. The Morgan fingerprint density at radius 1 is 1.11 bits per heavy atom. The first-order valence-electron chi connectivity index (χ1n) is 9.68. The highest BCUT2D eigenvalue weighted by molar-refractivity contribution is 7.90. The van der Waals surface area contributed by atoms with Gasteiger partial charge in [-0.25, -0.2) is 22.9 Å². The molecule has 3 heterocycles. The fourth-order valence-electron chi connectivity index (χ4n) is 3.04. The number of alkyl halides is 3. The molecule has 2 N–H and O–H groups in total. The van der Waals surface area contributed by atoms with Crippen LogP contribution >= 0.6 is 0 Å². The number of pyridine rings is 1. The van der Waals surface area contributed by atoms with E-state index in [0.717, 1.165) is 29.4 Å². The van der Waals surface area contributed by atoms with E-state index in [1.807, 2.05) is 0 Å². The van der Waals surface area contributed by atoms with Gasteiger partial charge in [0.25, 0.3) is 0 Å². The van der Waals surface area contributed by atoms with Gasteiger partial charge in [-0.1, -0.05) is 6.07 Å². The van der Waals surface area contributed by atoms with Crippen LogP contribution in [0.25, 0.3) is 16.9 Å². The molecule has 0 bridgehead atoms. The maximum absolute atomic E-state index is 13.1. The van der Waals surface area contributed by atoms with Crippen molar-refractivity contribution < 1.29 is 31.5 Å². The number of nitrogens with zero attached hydrogens (tertiary/aromatic N) is 5. The van der Waals surface area contributed by atoms with Gasteiger partial charge in [-0.05, 0) is 30.3 Å². The highest BCUT2D eigenvalue weighted by Gasteiger charge is 2.34. The van der Waals surface area contributed by atoms with Crippen molar-refractivity contribution in [3.63, 3.8) is 0 Å². The number of anilines is 2. The van der Waals surface area contributed by atoms with Gasteiger partial charge in [0.05, 0.1) is 10.5 Å². The van der Waals surface area contributed by atoms with Crippen LogP contribution in [-0.2, 0) is 16.0 Å². The molecule has 0 amide bonds. The first-order chi connectivity index (χ1) is 16.4. The topological polar surface area (TPSA) is 140 Å². The predicted molar refractivity (Wildman–Crippen MR) is 117 cm³/mol. The molecular formula is C21H15F3N6O4S. The van der Waals surface area contributed by atoms with E-state index in [1.54, 1.807) is 6.07 Å². The summed E-state index contributed by atoms with van der Waals surface area (Å²) in [6, 6.07) is 7.85. The maximum atomic E-state index is 13.1. The Morgan fingerprint density at radius 2 is 1.89 bits per heavy atom. The molecule has 10 nitrogen and oxygen atoms in total. The number of nitrogens with one attached hydrogen (secondary N) is 1. The molecule has 0 spiro atoms. The number of aromatic carboxylic acids is 1. The summed E-state index contributed by atoms with van der Waals surface area (Å²) in [5.41, 5.74) is -0.598. The summed E-state index contributed by atoms with van der Waals surface area (Å²) < 4.78 is 63.9. The second-order valence-electron chi connectivity index (χ2n) is 7.27. The van der Waals surface area contributed by atoms with Crippen LogP contribution in [0, 0.1) is 0 Å². The van der Waals surface area contributed by atoms with E-state index in [2.05, 4.69) is 25.4 Å². The van der Waals surface area contributed by atoms with Crippen LogP contribution in [0.2, 0.25) is 0 Å². The van der Waals surface area contributed by atoms with Crippen LogP contribution in [0.15, 0.2) is 66.1 Å². The van der Waals surface area contributed by atoms with Gasteiger partial charge >= 0.3 is 12.1 Å². The van der Waals surface area contributed by atoms with E-state index in [1.165, 1.54) is 36.7 Å². The molecule has 0 aliphatic heterocycles. The lowest BCUT2D eigenvalue weighted by Gasteiger charge is -2.12. The SMILES string of the molecule is CS(=O)(=O)c1cccc(Nc2ncc(-c3cncc(C(=O)O)c3)c(-n3ccc(C(F)(F)F)n3)n2)c1. The minimum Gasteiger partial charge on any atom is -0.478 e. The zero-order valence-corrected chi connectivity index (χ0v) is 18.5. The molecule has 0 fully saturated rings. The number of aromatic nitrogens is 5. The number of carbonyl (C=O) groups is 1. The van der Waals surface area contributed by atoms with Crippen LogP contribution in [0.1, 0.15) is 16.1 Å². The van der Waals surface area contributed by atoms with Gasteiger partial charge in [-0.2, -0.15) is 23.3 Å². The lowest BCUT2D eigenvalue weighted by Crippen LogP contribution is -2.10. The number of hydrogen-bond acceptors (Lipinski definition) is 8. The standard InChI is InChI=1S/C21H15F3N6O4S/c1-35(33,34)15-4-2-3-14(8-15)27-20-26-11-16(12-7-13(19(31)32)10-25-9-12)18(28-20)30-6-5-17(29-30)21(22,23)24/h2-11H,1H3,(H,31,32)(H,26,27,28). The quantitative estimate of drug-likeness (QED) is 0.403. The highest BCUT2D eigenvalue weighted by atomic mass is 32.2. The van der Waals surface area contributed by atoms with E-state index in [4.69, 9.17) is 0 Å². The Labute approximate surface area is 196 Å². The number of rotatable bonds is 6. The van der Waals surface area contributed by atoms with E-state index in [-0.39, 0.29) is 33.4 Å². The Balaban J connectivity index is 1.82. The fourth-order valence-corrected chi connectivity index (χ4v) is 3.71. The third-order valence-corrected chi connectivity index (χ3v) is 5.79. The predicted octanol–water partition coefficient (Wildman–Crippen LogP) is 3.59. The van der Waals surface area contributed by atoms with Crippen molar-refractivity contribution in [3.05, 3.63) is 72.4 Å². The number of benzene rings is 1. The van der Waals surface area contributed by atoms with Crippen molar-refractivity contribution in [1.29, 1.82) is 0 Å². The number of halogens is 3. The Morgan fingerprint density at radius 3 is 2.54 bits per heavy atom. The minimum absolute atomic E-state index is 0.0396. The lowest BCUT2D eigenvalue weighted by molar-refractivity contribution is -0.141. The summed E-state index contributed by atoms with van der Waals surface area (Å²) >= 11 is 0. The van der Waals surface area contributed by atoms with Gasteiger partial charge in [0, 0.05) is 47.9 Å². The summed E-state index contributed by atoms with van der Waals surface area (Å²) in [6.45, 7) is 0. The normalized spacial score (nSPS) is 11.9. The third kappa shape index (κ3) is 5.27. The van der Waals surface area contributed by atoms with Gasteiger partial charge in [-0.3, -0.25) is 4.98 Å². The number of carboxylic acid groups (broad SMARTS) is 1. The summed E-state index contributed by atoms with van der Waals surface area (Å²) in [7, 11) is -3.49. The van der Waals surface area contributed by atoms with Crippen molar-refractivity contribution in [2.24, 2.45) is 0 Å². The minimum atomic E-state index is -4.70. The van der Waals surface area contributed by atoms with Gasteiger partial charge in [0.1, 0.15) is 0 Å². The largest absolute Gasteiger partial charge is 0.478 e. The summed E-state index contributed by atoms with van der Waals surface area (Å²) in [4.78, 5) is 23.7. The van der Waals surface area contributed by atoms with Crippen LogP contribution in [0.3, 0.4) is 0 Å². The molecule has 180 valence electrons. The van der Waals surface area contributed by atoms with Crippen LogP contribution in [0.5, 0.6) is 0 Å². The van der Waals surface area contributed by atoms with Crippen molar-refractivity contribution in [3.8, 4) is 16.9 Å². The smallest absolute Gasteiger partial charge is 0.435 e. The second kappa shape index (κ2) is 8.79. The van der Waals surface area contributed by atoms with Gasteiger partial charge in [0.15, 0.2) is 21.3 Å². The van der Waals surface area contributed by atoms with Crippen molar-refractivity contribution in [1.82, 2.24) is 24.7 Å². The molecular weight excluding hydrogens is 489 g/mol. The lowest BCUT2D eigenvalue weighted by atomic mass is 10.1. The molecule has 0 aliphatic rings. The molecule has 0 radical (unpaired) electrons. The van der Waals surface area contributed by atoms with Crippen molar-refractivity contribution >= 4 is 27.4 Å². The number of hydrogen-bond donors (Lipinski definition) is 2. The first-order valence-corrected chi connectivity index (χ1v) is 11.6. The molecule has 0 atom stereocenters.